The number of carbonyl (C=O) groups is 1. The Morgan fingerprint density at radius 2 is 2.19 bits per heavy atom. The minimum atomic E-state index is -4.56. The Morgan fingerprint density at radius 3 is 2.62 bits per heavy atom. The van der Waals surface area contributed by atoms with Gasteiger partial charge < -0.3 is 5.11 Å². The van der Waals surface area contributed by atoms with Gasteiger partial charge >= 0.3 is 12.1 Å². The van der Waals surface area contributed by atoms with Crippen LogP contribution in [0.4, 0.5) is 13.2 Å². The number of hydrogen-bond donors (Lipinski definition) is 1. The summed E-state index contributed by atoms with van der Waals surface area (Å²) in [6, 6.07) is 0.574. The van der Waals surface area contributed by atoms with E-state index in [4.69, 9.17) is 5.11 Å². The zero-order valence-corrected chi connectivity index (χ0v) is 8.16. The third-order valence-electron chi connectivity index (χ3n) is 2.42. The Kier molecular flexibility index (Phi) is 2.40. The predicted octanol–water partition coefficient (Wildman–Crippen LogP) is 2.01. The van der Waals surface area contributed by atoms with Crippen LogP contribution >= 0.6 is 0 Å². The van der Waals surface area contributed by atoms with Gasteiger partial charge in [-0.3, -0.25) is 4.68 Å². The van der Waals surface area contributed by atoms with Crippen molar-refractivity contribution in [3.63, 3.8) is 0 Å². The van der Waals surface area contributed by atoms with Crippen LogP contribution in [0.2, 0.25) is 0 Å². The summed E-state index contributed by atoms with van der Waals surface area (Å²) < 4.78 is 38.4. The molecule has 0 radical (unpaired) electrons. The highest BCUT2D eigenvalue weighted by Gasteiger charge is 2.38. The fraction of sp³-hybridized carbons (Fsp3) is 0.556. The average Bonchev–Trinajstić information content (AvgIpc) is 2.80. The molecule has 0 saturated heterocycles. The molecular weight excluding hydrogens is 225 g/mol. The first kappa shape index (κ1) is 11.0. The number of carboxylic acids is 1. The summed E-state index contributed by atoms with van der Waals surface area (Å²) in [7, 11) is 0. The van der Waals surface area contributed by atoms with E-state index in [0.29, 0.717) is 6.07 Å². The van der Waals surface area contributed by atoms with Crippen molar-refractivity contribution in [3.05, 3.63) is 17.5 Å². The van der Waals surface area contributed by atoms with E-state index < -0.39 is 23.5 Å². The maximum Gasteiger partial charge on any atom is 0.433 e. The van der Waals surface area contributed by atoms with Crippen LogP contribution in [-0.4, -0.2) is 20.9 Å². The first-order valence-electron chi connectivity index (χ1n) is 4.76. The first-order valence-corrected chi connectivity index (χ1v) is 4.76. The molecule has 7 heteroatoms. The van der Waals surface area contributed by atoms with E-state index >= 15 is 0 Å². The van der Waals surface area contributed by atoms with Crippen LogP contribution in [0.5, 0.6) is 0 Å². The Labute approximate surface area is 88.7 Å². The molecule has 4 nitrogen and oxygen atoms in total. The van der Waals surface area contributed by atoms with Crippen molar-refractivity contribution >= 4 is 5.97 Å². The highest BCUT2D eigenvalue weighted by Crippen LogP contribution is 2.34. The van der Waals surface area contributed by atoms with Crippen LogP contribution < -0.4 is 0 Å². The van der Waals surface area contributed by atoms with Crippen molar-refractivity contribution in [3.8, 4) is 0 Å². The Bertz CT molecular complexity index is 421. The number of hydrogen-bond acceptors (Lipinski definition) is 2. The molecule has 1 N–H and O–H groups in total. The lowest BCUT2D eigenvalue weighted by Gasteiger charge is -2.08. The first-order chi connectivity index (χ1) is 7.38. The molecule has 0 aliphatic heterocycles. The molecular formula is C9H9F3N2O2. The van der Waals surface area contributed by atoms with Crippen molar-refractivity contribution in [2.24, 2.45) is 5.92 Å². The van der Waals surface area contributed by atoms with Gasteiger partial charge in [-0.05, 0) is 18.8 Å². The molecule has 2 rings (SSSR count). The van der Waals surface area contributed by atoms with Crippen molar-refractivity contribution in [2.75, 3.05) is 0 Å². The van der Waals surface area contributed by atoms with Crippen LogP contribution in [0.15, 0.2) is 6.07 Å². The largest absolute Gasteiger partial charge is 0.476 e. The maximum absolute atomic E-state index is 12.5. The van der Waals surface area contributed by atoms with Gasteiger partial charge in [-0.25, -0.2) is 4.79 Å². The Balaban J connectivity index is 2.34. The minimum Gasteiger partial charge on any atom is -0.476 e. The topological polar surface area (TPSA) is 55.1 Å². The fourth-order valence-electron chi connectivity index (χ4n) is 1.43. The molecule has 16 heavy (non-hydrogen) atoms. The van der Waals surface area contributed by atoms with Gasteiger partial charge in [0.25, 0.3) is 0 Å². The summed E-state index contributed by atoms with van der Waals surface area (Å²) in [6.07, 6.45) is -2.81. The van der Waals surface area contributed by atoms with Crippen LogP contribution in [0.3, 0.4) is 0 Å². The fourth-order valence-corrected chi connectivity index (χ4v) is 1.43. The summed E-state index contributed by atoms with van der Waals surface area (Å²) in [6.45, 7) is 0.141. The molecule has 1 aromatic heterocycles. The van der Waals surface area contributed by atoms with Gasteiger partial charge in [0, 0.05) is 12.6 Å². The Morgan fingerprint density at radius 1 is 1.56 bits per heavy atom. The number of aromatic nitrogens is 2. The average molecular weight is 234 g/mol. The number of nitrogens with zero attached hydrogens (tertiary/aromatic N) is 2. The normalized spacial score (nSPS) is 16.4. The summed E-state index contributed by atoms with van der Waals surface area (Å²) >= 11 is 0. The van der Waals surface area contributed by atoms with Crippen molar-refractivity contribution < 1.29 is 23.1 Å². The molecule has 1 saturated carbocycles. The number of halogens is 3. The Hall–Kier alpha value is -1.53. The van der Waals surface area contributed by atoms with Crippen molar-refractivity contribution in [2.45, 2.75) is 25.6 Å². The van der Waals surface area contributed by atoms with Gasteiger partial charge in [0.1, 0.15) is 5.69 Å². The predicted molar refractivity (Wildman–Crippen MR) is 46.9 cm³/mol. The van der Waals surface area contributed by atoms with Crippen LogP contribution in [-0.2, 0) is 12.7 Å². The van der Waals surface area contributed by atoms with Gasteiger partial charge in [-0.15, -0.1) is 0 Å². The SMILES string of the molecule is O=C(O)c1cc(C(F)(F)F)n(CC2CC2)n1. The third-order valence-corrected chi connectivity index (χ3v) is 2.42. The number of alkyl halides is 3. The molecule has 1 heterocycles. The van der Waals surface area contributed by atoms with E-state index in [0.717, 1.165) is 17.5 Å². The molecule has 1 aromatic rings. The highest BCUT2D eigenvalue weighted by molar-refractivity contribution is 5.85. The number of carboxylic acid groups (broad SMARTS) is 1. The molecule has 0 amide bonds. The van der Waals surface area contributed by atoms with Crippen LogP contribution in [0.1, 0.15) is 29.0 Å². The summed E-state index contributed by atoms with van der Waals surface area (Å²) in [4.78, 5) is 10.6. The number of rotatable bonds is 3. The standard InChI is InChI=1S/C9H9F3N2O2/c10-9(11,12)7-3-6(8(15)16)13-14(7)4-5-1-2-5/h3,5H,1-2,4H2,(H,15,16). The molecule has 0 atom stereocenters. The van der Waals surface area contributed by atoms with E-state index in [-0.39, 0.29) is 12.5 Å². The van der Waals surface area contributed by atoms with Gasteiger partial charge in [-0.1, -0.05) is 0 Å². The molecule has 1 fully saturated rings. The number of aromatic carboxylic acids is 1. The second-order valence-corrected chi connectivity index (χ2v) is 3.84. The lowest BCUT2D eigenvalue weighted by molar-refractivity contribution is -0.144. The zero-order chi connectivity index (χ0) is 11.9. The molecule has 1 aliphatic rings. The van der Waals surface area contributed by atoms with Gasteiger partial charge in [-0.2, -0.15) is 18.3 Å². The lowest BCUT2D eigenvalue weighted by Crippen LogP contribution is -2.15. The molecule has 0 bridgehead atoms. The van der Waals surface area contributed by atoms with Gasteiger partial charge in [0.05, 0.1) is 0 Å². The van der Waals surface area contributed by atoms with E-state index in [9.17, 15) is 18.0 Å². The smallest absolute Gasteiger partial charge is 0.433 e. The van der Waals surface area contributed by atoms with Gasteiger partial charge in [0.2, 0.25) is 0 Å². The molecule has 0 spiro atoms. The van der Waals surface area contributed by atoms with Crippen molar-refractivity contribution in [1.82, 2.24) is 9.78 Å². The molecule has 1 aliphatic carbocycles. The molecule has 0 aromatic carbocycles. The third kappa shape index (κ3) is 2.17. The summed E-state index contributed by atoms with van der Waals surface area (Å²) in [5.41, 5.74) is -1.55. The minimum absolute atomic E-state index is 0.141. The summed E-state index contributed by atoms with van der Waals surface area (Å²) in [5.74, 6) is -1.25. The zero-order valence-electron chi connectivity index (χ0n) is 8.16. The van der Waals surface area contributed by atoms with Gasteiger partial charge in [0.15, 0.2) is 5.69 Å². The molecule has 0 unspecified atom stereocenters. The van der Waals surface area contributed by atoms with E-state index in [1.54, 1.807) is 0 Å². The van der Waals surface area contributed by atoms with Crippen LogP contribution in [0.25, 0.3) is 0 Å². The second kappa shape index (κ2) is 3.50. The van der Waals surface area contributed by atoms with E-state index in [2.05, 4.69) is 5.10 Å². The lowest BCUT2D eigenvalue weighted by atomic mass is 10.3. The van der Waals surface area contributed by atoms with Crippen LogP contribution in [0, 0.1) is 5.92 Å². The van der Waals surface area contributed by atoms with E-state index in [1.165, 1.54) is 0 Å². The van der Waals surface area contributed by atoms with E-state index in [1.807, 2.05) is 0 Å². The maximum atomic E-state index is 12.5. The summed E-state index contributed by atoms with van der Waals surface area (Å²) in [5, 5.41) is 12.0. The second-order valence-electron chi connectivity index (χ2n) is 3.84. The highest BCUT2D eigenvalue weighted by atomic mass is 19.4. The quantitative estimate of drug-likeness (QED) is 0.870. The monoisotopic (exact) mass is 234 g/mol. The molecule has 88 valence electrons. The van der Waals surface area contributed by atoms with Crippen molar-refractivity contribution in [1.29, 1.82) is 0 Å².